The number of hydrogen-bond acceptors (Lipinski definition) is 4. The van der Waals surface area contributed by atoms with Gasteiger partial charge in [-0.25, -0.2) is 4.98 Å². The molecule has 1 unspecified atom stereocenters. The number of aromatic nitrogens is 1. The Bertz CT molecular complexity index is 610. The largest absolute Gasteiger partial charge is 0.573 e. The minimum absolute atomic E-state index is 0.280. The lowest BCUT2D eigenvalue weighted by molar-refractivity contribution is -0.274. The van der Waals surface area contributed by atoms with E-state index in [1.807, 2.05) is 6.92 Å². The molecule has 1 aromatic heterocycles. The van der Waals surface area contributed by atoms with Gasteiger partial charge in [0.2, 0.25) is 0 Å². The number of alkyl halides is 3. The summed E-state index contributed by atoms with van der Waals surface area (Å²) in [6, 6.07) is 5.19. The minimum Gasteiger partial charge on any atom is -0.405 e. The number of benzene rings is 1. The van der Waals surface area contributed by atoms with E-state index in [2.05, 4.69) is 9.72 Å². The number of ether oxygens (including phenoxy) is 1. The molecular formula is C13H13F3N2OS. The highest BCUT2D eigenvalue weighted by atomic mass is 32.1. The van der Waals surface area contributed by atoms with E-state index in [9.17, 15) is 13.2 Å². The summed E-state index contributed by atoms with van der Waals surface area (Å²) in [6.07, 6.45) is -4.74. The summed E-state index contributed by atoms with van der Waals surface area (Å²) in [5.41, 5.74) is 7.09. The van der Waals surface area contributed by atoms with Crippen molar-refractivity contribution in [3.63, 3.8) is 0 Å². The number of nitrogens with two attached hydrogens (primary N) is 1. The van der Waals surface area contributed by atoms with Crippen LogP contribution < -0.4 is 10.5 Å². The van der Waals surface area contributed by atoms with Gasteiger partial charge in [-0.15, -0.1) is 24.5 Å². The second-order valence-electron chi connectivity index (χ2n) is 4.25. The zero-order valence-electron chi connectivity index (χ0n) is 10.9. The number of thiazole rings is 1. The van der Waals surface area contributed by atoms with Gasteiger partial charge in [0.1, 0.15) is 5.75 Å². The van der Waals surface area contributed by atoms with Gasteiger partial charge < -0.3 is 10.5 Å². The topological polar surface area (TPSA) is 48.1 Å². The summed E-state index contributed by atoms with van der Waals surface area (Å²) in [5.74, 6) is -0.280. The Labute approximate surface area is 118 Å². The van der Waals surface area contributed by atoms with Crippen LogP contribution in [-0.2, 0) is 0 Å². The molecule has 0 spiro atoms. The Kier molecular flexibility index (Phi) is 4.01. The molecule has 0 aliphatic heterocycles. The molecule has 0 fully saturated rings. The standard InChI is InChI=1S/C13H13F3N2OS/c1-7-12(20-8(2)18-7)11(17)9-5-3-4-6-10(9)19-13(14,15)16/h3-6,11H,17H2,1-2H3. The first-order valence-corrected chi connectivity index (χ1v) is 6.64. The summed E-state index contributed by atoms with van der Waals surface area (Å²) in [4.78, 5) is 4.97. The maximum atomic E-state index is 12.4. The number of halogens is 3. The number of para-hydroxylation sites is 1. The van der Waals surface area contributed by atoms with E-state index in [1.54, 1.807) is 13.0 Å². The third-order valence-electron chi connectivity index (χ3n) is 2.70. The fraction of sp³-hybridized carbons (Fsp3) is 0.308. The van der Waals surface area contributed by atoms with Crippen molar-refractivity contribution in [1.82, 2.24) is 4.98 Å². The molecule has 20 heavy (non-hydrogen) atoms. The zero-order valence-corrected chi connectivity index (χ0v) is 11.7. The summed E-state index contributed by atoms with van der Waals surface area (Å²) >= 11 is 1.37. The van der Waals surface area contributed by atoms with E-state index < -0.39 is 12.4 Å². The molecular weight excluding hydrogens is 289 g/mol. The predicted molar refractivity (Wildman–Crippen MR) is 70.7 cm³/mol. The first-order valence-electron chi connectivity index (χ1n) is 5.82. The zero-order chi connectivity index (χ0) is 14.9. The number of nitrogens with zero attached hydrogens (tertiary/aromatic N) is 1. The van der Waals surface area contributed by atoms with Gasteiger partial charge >= 0.3 is 6.36 Å². The van der Waals surface area contributed by atoms with Gasteiger partial charge in [-0.05, 0) is 19.9 Å². The third kappa shape index (κ3) is 3.29. The Hall–Kier alpha value is -1.60. The van der Waals surface area contributed by atoms with Crippen LogP contribution in [-0.4, -0.2) is 11.3 Å². The first kappa shape index (κ1) is 14.8. The van der Waals surface area contributed by atoms with Gasteiger partial charge in [-0.1, -0.05) is 18.2 Å². The molecule has 0 bridgehead atoms. The van der Waals surface area contributed by atoms with Crippen molar-refractivity contribution in [3.05, 3.63) is 45.4 Å². The Morgan fingerprint density at radius 3 is 2.45 bits per heavy atom. The normalized spacial score (nSPS) is 13.3. The van der Waals surface area contributed by atoms with Crippen molar-refractivity contribution in [2.75, 3.05) is 0 Å². The Morgan fingerprint density at radius 1 is 1.25 bits per heavy atom. The smallest absolute Gasteiger partial charge is 0.405 e. The van der Waals surface area contributed by atoms with Crippen LogP contribution in [0.2, 0.25) is 0 Å². The van der Waals surface area contributed by atoms with E-state index in [1.165, 1.54) is 29.5 Å². The molecule has 0 aliphatic carbocycles. The molecule has 2 N–H and O–H groups in total. The van der Waals surface area contributed by atoms with E-state index >= 15 is 0 Å². The summed E-state index contributed by atoms with van der Waals surface area (Å²) in [6.45, 7) is 3.61. The number of rotatable bonds is 3. The summed E-state index contributed by atoms with van der Waals surface area (Å²) in [5, 5.41) is 0.821. The van der Waals surface area contributed by atoms with Crippen molar-refractivity contribution in [1.29, 1.82) is 0 Å². The molecule has 1 atom stereocenters. The lowest BCUT2D eigenvalue weighted by Crippen LogP contribution is -2.20. The van der Waals surface area contributed by atoms with Crippen LogP contribution in [0.3, 0.4) is 0 Å². The van der Waals surface area contributed by atoms with Gasteiger partial charge in [0.15, 0.2) is 0 Å². The molecule has 0 radical (unpaired) electrons. The molecule has 2 aromatic rings. The van der Waals surface area contributed by atoms with Crippen LogP contribution in [0.4, 0.5) is 13.2 Å². The van der Waals surface area contributed by atoms with Crippen LogP contribution in [0.1, 0.15) is 27.2 Å². The minimum atomic E-state index is -4.74. The predicted octanol–water partition coefficient (Wildman–Crippen LogP) is 3.71. The van der Waals surface area contributed by atoms with Crippen LogP contribution >= 0.6 is 11.3 Å². The van der Waals surface area contributed by atoms with Crippen LogP contribution in [0.25, 0.3) is 0 Å². The second kappa shape index (κ2) is 5.41. The molecule has 3 nitrogen and oxygen atoms in total. The highest BCUT2D eigenvalue weighted by Crippen LogP contribution is 2.35. The highest BCUT2D eigenvalue weighted by Gasteiger charge is 2.33. The lowest BCUT2D eigenvalue weighted by atomic mass is 10.0. The average Bonchev–Trinajstić information content (AvgIpc) is 2.66. The molecule has 7 heteroatoms. The van der Waals surface area contributed by atoms with Gasteiger partial charge in [0, 0.05) is 10.4 Å². The van der Waals surface area contributed by atoms with Crippen molar-refractivity contribution < 1.29 is 17.9 Å². The third-order valence-corrected chi connectivity index (χ3v) is 3.86. The monoisotopic (exact) mass is 302 g/mol. The van der Waals surface area contributed by atoms with Crippen molar-refractivity contribution in [3.8, 4) is 5.75 Å². The van der Waals surface area contributed by atoms with Crippen LogP contribution in [0.15, 0.2) is 24.3 Å². The Balaban J connectivity index is 2.40. The molecule has 2 rings (SSSR count). The quantitative estimate of drug-likeness (QED) is 0.940. The molecule has 0 amide bonds. The average molecular weight is 302 g/mol. The number of hydrogen-bond donors (Lipinski definition) is 1. The summed E-state index contributed by atoms with van der Waals surface area (Å²) in [7, 11) is 0. The summed E-state index contributed by atoms with van der Waals surface area (Å²) < 4.78 is 41.2. The van der Waals surface area contributed by atoms with E-state index in [-0.39, 0.29) is 11.3 Å². The fourth-order valence-corrected chi connectivity index (χ4v) is 2.88. The molecule has 0 aliphatic rings. The van der Waals surface area contributed by atoms with Gasteiger partial charge in [0.25, 0.3) is 0 Å². The van der Waals surface area contributed by atoms with Crippen molar-refractivity contribution in [2.24, 2.45) is 5.73 Å². The SMILES string of the molecule is Cc1nc(C)c(C(N)c2ccccc2OC(F)(F)F)s1. The van der Waals surface area contributed by atoms with E-state index in [0.717, 1.165) is 15.6 Å². The van der Waals surface area contributed by atoms with E-state index in [4.69, 9.17) is 5.73 Å². The molecule has 0 saturated heterocycles. The van der Waals surface area contributed by atoms with Crippen LogP contribution in [0, 0.1) is 13.8 Å². The highest BCUT2D eigenvalue weighted by molar-refractivity contribution is 7.11. The van der Waals surface area contributed by atoms with Gasteiger partial charge in [-0.3, -0.25) is 0 Å². The maximum Gasteiger partial charge on any atom is 0.573 e. The molecule has 1 heterocycles. The Morgan fingerprint density at radius 2 is 1.90 bits per heavy atom. The van der Waals surface area contributed by atoms with Crippen molar-refractivity contribution >= 4 is 11.3 Å². The van der Waals surface area contributed by atoms with Gasteiger partial charge in [0.05, 0.1) is 16.7 Å². The number of aryl methyl sites for hydroxylation is 2. The van der Waals surface area contributed by atoms with E-state index in [0.29, 0.717) is 0 Å². The molecule has 1 aromatic carbocycles. The van der Waals surface area contributed by atoms with Gasteiger partial charge in [-0.2, -0.15) is 0 Å². The first-order chi connectivity index (χ1) is 9.28. The van der Waals surface area contributed by atoms with Crippen LogP contribution in [0.5, 0.6) is 5.75 Å². The lowest BCUT2D eigenvalue weighted by Gasteiger charge is -2.17. The second-order valence-corrected chi connectivity index (χ2v) is 5.48. The van der Waals surface area contributed by atoms with Crippen molar-refractivity contribution in [2.45, 2.75) is 26.3 Å². The molecule has 0 saturated carbocycles. The maximum absolute atomic E-state index is 12.4. The fourth-order valence-electron chi connectivity index (χ4n) is 1.93. The molecule has 108 valence electrons.